The second-order valence-electron chi connectivity index (χ2n) is 9.90. The predicted molar refractivity (Wildman–Crippen MR) is 130 cm³/mol. The summed E-state index contributed by atoms with van der Waals surface area (Å²) in [4.78, 5) is 28.1. The molecule has 1 aromatic rings. The van der Waals surface area contributed by atoms with Crippen LogP contribution < -0.4 is 16.0 Å². The van der Waals surface area contributed by atoms with E-state index in [1.807, 2.05) is 4.90 Å². The zero-order valence-electron chi connectivity index (χ0n) is 20.4. The second-order valence-corrected chi connectivity index (χ2v) is 9.90. The van der Waals surface area contributed by atoms with Crippen LogP contribution >= 0.6 is 0 Å². The van der Waals surface area contributed by atoms with Crippen LogP contribution in [0.4, 0.5) is 5.69 Å². The van der Waals surface area contributed by atoms with Crippen LogP contribution in [0.1, 0.15) is 56.2 Å². The van der Waals surface area contributed by atoms with Gasteiger partial charge < -0.3 is 25.6 Å². The van der Waals surface area contributed by atoms with Gasteiger partial charge in [0.25, 0.3) is 0 Å². The van der Waals surface area contributed by atoms with Gasteiger partial charge in [0.05, 0.1) is 13.2 Å². The number of carbonyl (C=O) groups excluding carboxylic acids is 2. The Labute approximate surface area is 198 Å². The number of morpholine rings is 1. The summed E-state index contributed by atoms with van der Waals surface area (Å²) in [5.74, 6) is 0.664. The van der Waals surface area contributed by atoms with Crippen molar-refractivity contribution in [3.63, 3.8) is 0 Å². The first-order valence-electron chi connectivity index (χ1n) is 12.7. The van der Waals surface area contributed by atoms with Crippen molar-refractivity contribution in [3.05, 3.63) is 28.8 Å². The number of aryl methyl sites for hydroxylation is 2. The first-order valence-corrected chi connectivity index (χ1v) is 12.7. The fourth-order valence-electron chi connectivity index (χ4n) is 5.65. The third-order valence-electron chi connectivity index (χ3n) is 7.67. The first-order chi connectivity index (χ1) is 16.0. The Morgan fingerprint density at radius 3 is 2.79 bits per heavy atom. The highest BCUT2D eigenvalue weighted by atomic mass is 16.5. The lowest BCUT2D eigenvalue weighted by molar-refractivity contribution is -0.135. The van der Waals surface area contributed by atoms with E-state index in [-0.39, 0.29) is 29.9 Å². The number of amides is 2. The molecule has 7 nitrogen and oxygen atoms in total. The third kappa shape index (κ3) is 5.52. The zero-order chi connectivity index (χ0) is 23.4. The molecule has 7 heteroatoms. The topological polar surface area (TPSA) is 82.7 Å². The molecule has 3 heterocycles. The molecule has 2 amide bonds. The van der Waals surface area contributed by atoms with Gasteiger partial charge >= 0.3 is 0 Å². The van der Waals surface area contributed by atoms with Crippen LogP contribution in [0.3, 0.4) is 0 Å². The molecular formula is C26H40N4O3. The lowest BCUT2D eigenvalue weighted by Crippen LogP contribution is -2.57. The monoisotopic (exact) mass is 456 g/mol. The first kappa shape index (κ1) is 24.0. The van der Waals surface area contributed by atoms with Crippen molar-refractivity contribution in [1.82, 2.24) is 15.5 Å². The van der Waals surface area contributed by atoms with Crippen LogP contribution in [0, 0.1) is 12.8 Å². The normalized spacial score (nSPS) is 25.8. The maximum absolute atomic E-state index is 13.4. The number of nitrogens with zero attached hydrogens (tertiary/aromatic N) is 1. The molecule has 0 spiro atoms. The molecule has 3 aliphatic rings. The van der Waals surface area contributed by atoms with Gasteiger partial charge in [0.2, 0.25) is 11.8 Å². The molecule has 3 aliphatic heterocycles. The van der Waals surface area contributed by atoms with Crippen molar-refractivity contribution >= 4 is 17.5 Å². The molecule has 0 bridgehead atoms. The Morgan fingerprint density at radius 2 is 2.06 bits per heavy atom. The summed E-state index contributed by atoms with van der Waals surface area (Å²) in [7, 11) is 0. The average molecular weight is 457 g/mol. The van der Waals surface area contributed by atoms with Gasteiger partial charge in [0.15, 0.2) is 0 Å². The van der Waals surface area contributed by atoms with Gasteiger partial charge in [-0.25, -0.2) is 0 Å². The molecular weight excluding hydrogens is 416 g/mol. The summed E-state index contributed by atoms with van der Waals surface area (Å²) in [6.45, 7) is 10.0. The lowest BCUT2D eigenvalue weighted by atomic mass is 9.85. The number of benzene rings is 1. The van der Waals surface area contributed by atoms with E-state index in [9.17, 15) is 9.59 Å². The van der Waals surface area contributed by atoms with Crippen molar-refractivity contribution in [1.29, 1.82) is 0 Å². The van der Waals surface area contributed by atoms with E-state index in [2.05, 4.69) is 48.9 Å². The minimum Gasteiger partial charge on any atom is -0.378 e. The van der Waals surface area contributed by atoms with Crippen LogP contribution in [-0.4, -0.2) is 67.7 Å². The van der Waals surface area contributed by atoms with Crippen LogP contribution in [0.25, 0.3) is 0 Å². The highest BCUT2D eigenvalue weighted by Crippen LogP contribution is 2.33. The van der Waals surface area contributed by atoms with Gasteiger partial charge in [0.1, 0.15) is 6.04 Å². The summed E-state index contributed by atoms with van der Waals surface area (Å²) >= 11 is 0. The molecule has 0 aromatic heterocycles. The Kier molecular flexibility index (Phi) is 7.91. The van der Waals surface area contributed by atoms with E-state index in [0.717, 1.165) is 37.9 Å². The lowest BCUT2D eigenvalue weighted by Gasteiger charge is -2.37. The number of hydrogen-bond donors (Lipinski definition) is 3. The molecule has 2 saturated heterocycles. The van der Waals surface area contributed by atoms with E-state index >= 15 is 0 Å². The second kappa shape index (κ2) is 10.9. The maximum Gasteiger partial charge on any atom is 0.243 e. The van der Waals surface area contributed by atoms with Crippen molar-refractivity contribution in [2.24, 2.45) is 5.92 Å². The van der Waals surface area contributed by atoms with E-state index in [0.29, 0.717) is 45.1 Å². The van der Waals surface area contributed by atoms with Crippen molar-refractivity contribution in [3.8, 4) is 0 Å². The number of fused-ring (bicyclic) bond motifs is 1. The smallest absolute Gasteiger partial charge is 0.243 e. The largest absolute Gasteiger partial charge is 0.378 e. The SMILES string of the molecule is CCc1ccc(C)c2c1CC(C(=O)NC(CCC(=O)N1CCOCC1)C1NCCCC1C)N2. The van der Waals surface area contributed by atoms with Crippen molar-refractivity contribution in [2.75, 3.05) is 38.2 Å². The number of hydrogen-bond acceptors (Lipinski definition) is 5. The fraction of sp³-hybridized carbons (Fsp3) is 0.692. The molecule has 0 aliphatic carbocycles. The number of piperidine rings is 1. The fourth-order valence-corrected chi connectivity index (χ4v) is 5.65. The molecule has 4 atom stereocenters. The molecule has 2 fully saturated rings. The number of nitrogens with one attached hydrogen (secondary N) is 3. The number of rotatable bonds is 7. The van der Waals surface area contributed by atoms with Gasteiger partial charge in [-0.2, -0.15) is 0 Å². The highest BCUT2D eigenvalue weighted by molar-refractivity contribution is 5.88. The number of ether oxygens (including phenoxy) is 1. The van der Waals surface area contributed by atoms with Gasteiger partial charge in [0, 0.05) is 43.7 Å². The summed E-state index contributed by atoms with van der Waals surface area (Å²) in [5, 5.41) is 10.5. The van der Waals surface area contributed by atoms with Crippen LogP contribution in [-0.2, 0) is 27.2 Å². The van der Waals surface area contributed by atoms with E-state index in [4.69, 9.17) is 4.74 Å². The van der Waals surface area contributed by atoms with Gasteiger partial charge in [-0.15, -0.1) is 0 Å². The number of carbonyl (C=O) groups is 2. The van der Waals surface area contributed by atoms with E-state index < -0.39 is 0 Å². The molecule has 0 saturated carbocycles. The summed E-state index contributed by atoms with van der Waals surface area (Å²) in [6.07, 6.45) is 5.10. The molecule has 182 valence electrons. The van der Waals surface area contributed by atoms with Crippen LogP contribution in [0.15, 0.2) is 12.1 Å². The predicted octanol–water partition coefficient (Wildman–Crippen LogP) is 2.41. The van der Waals surface area contributed by atoms with Crippen LogP contribution in [0.2, 0.25) is 0 Å². The quantitative estimate of drug-likeness (QED) is 0.587. The number of anilines is 1. The Balaban J connectivity index is 1.42. The standard InChI is InChI=1S/C26H40N4O3/c1-4-19-8-7-18(3)24-20(19)16-22(28-24)26(32)29-21(25-17(2)6-5-11-27-25)9-10-23(31)30-12-14-33-15-13-30/h7-8,17,21-22,25,27-28H,4-6,9-16H2,1-3H3,(H,29,32). The Hall–Kier alpha value is -2.12. The van der Waals surface area contributed by atoms with Gasteiger partial charge in [-0.1, -0.05) is 26.0 Å². The summed E-state index contributed by atoms with van der Waals surface area (Å²) in [5.41, 5.74) is 4.90. The Bertz CT molecular complexity index is 852. The molecule has 0 radical (unpaired) electrons. The van der Waals surface area contributed by atoms with Crippen molar-refractivity contribution in [2.45, 2.75) is 77.4 Å². The molecule has 3 N–H and O–H groups in total. The van der Waals surface area contributed by atoms with E-state index in [1.54, 1.807) is 0 Å². The molecule has 4 rings (SSSR count). The minimum absolute atomic E-state index is 0.0380. The summed E-state index contributed by atoms with van der Waals surface area (Å²) in [6, 6.07) is 4.19. The molecule has 33 heavy (non-hydrogen) atoms. The Morgan fingerprint density at radius 1 is 1.27 bits per heavy atom. The average Bonchev–Trinajstić information content (AvgIpc) is 3.29. The van der Waals surface area contributed by atoms with Gasteiger partial charge in [-0.3, -0.25) is 9.59 Å². The third-order valence-corrected chi connectivity index (χ3v) is 7.67. The van der Waals surface area contributed by atoms with E-state index in [1.165, 1.54) is 16.7 Å². The molecule has 1 aromatic carbocycles. The van der Waals surface area contributed by atoms with Crippen molar-refractivity contribution < 1.29 is 14.3 Å². The van der Waals surface area contributed by atoms with Crippen LogP contribution in [0.5, 0.6) is 0 Å². The molecule has 4 unspecified atom stereocenters. The summed E-state index contributed by atoms with van der Waals surface area (Å²) < 4.78 is 5.38. The minimum atomic E-state index is -0.261. The highest BCUT2D eigenvalue weighted by Gasteiger charge is 2.35. The maximum atomic E-state index is 13.4. The zero-order valence-corrected chi connectivity index (χ0v) is 20.4. The van der Waals surface area contributed by atoms with Gasteiger partial charge in [-0.05, 0) is 61.8 Å².